The van der Waals surface area contributed by atoms with E-state index < -0.39 is 5.60 Å². The van der Waals surface area contributed by atoms with Crippen molar-refractivity contribution in [2.45, 2.75) is 45.1 Å². The predicted molar refractivity (Wildman–Crippen MR) is 120 cm³/mol. The lowest BCUT2D eigenvalue weighted by molar-refractivity contribution is 0.0714. The number of thiazole rings is 2. The number of aromatic nitrogens is 3. The number of hydrogen-bond donors (Lipinski definition) is 2. The SMILES string of the molecule is CC(c1ccc2[nH]c(=O)sc2c1)c1nc(-c2ccc(CCC(C)(C)O)cn2)cs1. The van der Waals surface area contributed by atoms with Crippen LogP contribution in [0.4, 0.5) is 0 Å². The van der Waals surface area contributed by atoms with Gasteiger partial charge in [0.1, 0.15) is 5.01 Å². The lowest BCUT2D eigenvalue weighted by atomic mass is 10.00. The Bertz CT molecular complexity index is 1180. The van der Waals surface area contributed by atoms with E-state index in [9.17, 15) is 9.90 Å². The highest BCUT2D eigenvalue weighted by atomic mass is 32.1. The van der Waals surface area contributed by atoms with E-state index in [1.165, 1.54) is 11.3 Å². The van der Waals surface area contributed by atoms with Crippen molar-refractivity contribution in [1.82, 2.24) is 15.0 Å². The highest BCUT2D eigenvalue weighted by molar-refractivity contribution is 7.16. The number of fused-ring (bicyclic) bond motifs is 1. The van der Waals surface area contributed by atoms with Gasteiger partial charge in [-0.25, -0.2) is 4.98 Å². The second-order valence-corrected chi connectivity index (χ2v) is 9.83. The van der Waals surface area contributed by atoms with Gasteiger partial charge in [0.2, 0.25) is 0 Å². The molecule has 29 heavy (non-hydrogen) atoms. The Hall–Kier alpha value is -2.35. The number of benzene rings is 1. The van der Waals surface area contributed by atoms with Crippen molar-refractivity contribution in [2.75, 3.05) is 0 Å². The van der Waals surface area contributed by atoms with Crippen LogP contribution in [0.2, 0.25) is 0 Å². The van der Waals surface area contributed by atoms with Gasteiger partial charge < -0.3 is 10.1 Å². The van der Waals surface area contributed by atoms with Crippen molar-refractivity contribution < 1.29 is 5.11 Å². The third-order valence-electron chi connectivity index (χ3n) is 4.95. The van der Waals surface area contributed by atoms with Crippen LogP contribution in [0.1, 0.15) is 49.2 Å². The van der Waals surface area contributed by atoms with Crippen LogP contribution in [-0.4, -0.2) is 25.7 Å². The normalized spacial score (nSPS) is 13.1. The second-order valence-electron chi connectivity index (χ2n) is 7.93. The first-order valence-corrected chi connectivity index (χ1v) is 11.2. The highest BCUT2D eigenvalue weighted by Gasteiger charge is 2.16. The molecule has 4 aromatic rings. The number of aromatic amines is 1. The smallest absolute Gasteiger partial charge is 0.305 e. The Morgan fingerprint density at radius 2 is 2.03 bits per heavy atom. The fourth-order valence-electron chi connectivity index (χ4n) is 3.15. The van der Waals surface area contributed by atoms with Crippen molar-refractivity contribution >= 4 is 32.9 Å². The fourth-order valence-corrected chi connectivity index (χ4v) is 4.83. The van der Waals surface area contributed by atoms with Crippen molar-refractivity contribution in [3.8, 4) is 11.4 Å². The van der Waals surface area contributed by atoms with E-state index in [1.54, 1.807) is 11.3 Å². The van der Waals surface area contributed by atoms with Gasteiger partial charge in [-0.1, -0.05) is 30.4 Å². The molecule has 0 aliphatic carbocycles. The lowest BCUT2D eigenvalue weighted by Gasteiger charge is -2.16. The molecule has 0 bridgehead atoms. The zero-order chi connectivity index (χ0) is 20.6. The Kier molecular flexibility index (Phi) is 5.38. The lowest BCUT2D eigenvalue weighted by Crippen LogP contribution is -2.19. The molecule has 0 spiro atoms. The number of aryl methyl sites for hydroxylation is 1. The minimum atomic E-state index is -0.669. The van der Waals surface area contributed by atoms with Crippen LogP contribution in [-0.2, 0) is 6.42 Å². The van der Waals surface area contributed by atoms with Crippen molar-refractivity contribution in [3.05, 3.63) is 67.7 Å². The molecule has 0 aliphatic heterocycles. The number of rotatable bonds is 6. The largest absolute Gasteiger partial charge is 0.390 e. The summed E-state index contributed by atoms with van der Waals surface area (Å²) in [5, 5.41) is 12.9. The number of nitrogens with one attached hydrogen (secondary N) is 1. The second kappa shape index (κ2) is 7.82. The summed E-state index contributed by atoms with van der Waals surface area (Å²) in [7, 11) is 0. The molecule has 5 nitrogen and oxygen atoms in total. The first kappa shape index (κ1) is 19.9. The predicted octanol–water partition coefficient (Wildman–Crippen LogP) is 4.96. The van der Waals surface area contributed by atoms with Crippen molar-refractivity contribution in [2.24, 2.45) is 0 Å². The monoisotopic (exact) mass is 425 g/mol. The van der Waals surface area contributed by atoms with E-state index in [2.05, 4.69) is 29.0 Å². The zero-order valence-electron chi connectivity index (χ0n) is 16.6. The number of aliphatic hydroxyl groups is 1. The van der Waals surface area contributed by atoms with E-state index in [4.69, 9.17) is 4.98 Å². The third kappa shape index (κ3) is 4.63. The van der Waals surface area contributed by atoms with Gasteiger partial charge in [0.15, 0.2) is 0 Å². The molecule has 1 atom stereocenters. The third-order valence-corrected chi connectivity index (χ3v) is 6.82. The molecule has 150 valence electrons. The maximum atomic E-state index is 11.5. The number of pyridine rings is 1. The molecule has 0 saturated heterocycles. The van der Waals surface area contributed by atoms with Crippen LogP contribution in [0, 0.1) is 0 Å². The standard InChI is InChI=1S/C22H23N3O2S2/c1-13(15-5-7-17-19(10-15)29-21(26)25-17)20-24-18(12-28-20)16-6-4-14(11-23-16)8-9-22(2,3)27/h4-7,10-13,27H,8-9H2,1-3H3,(H,25,26). The maximum absolute atomic E-state index is 11.5. The average molecular weight is 426 g/mol. The topological polar surface area (TPSA) is 78.9 Å². The van der Waals surface area contributed by atoms with Gasteiger partial charge in [-0.05, 0) is 56.0 Å². The summed E-state index contributed by atoms with van der Waals surface area (Å²) in [4.78, 5) is 23.7. The molecule has 3 heterocycles. The Labute approximate surface area is 177 Å². The molecule has 0 amide bonds. The van der Waals surface area contributed by atoms with E-state index in [-0.39, 0.29) is 10.8 Å². The molecular weight excluding hydrogens is 402 g/mol. The van der Waals surface area contributed by atoms with E-state index in [0.29, 0.717) is 6.42 Å². The van der Waals surface area contributed by atoms with E-state index in [0.717, 1.165) is 44.2 Å². The summed E-state index contributed by atoms with van der Waals surface area (Å²) < 4.78 is 0.972. The van der Waals surface area contributed by atoms with Crippen molar-refractivity contribution in [3.63, 3.8) is 0 Å². The molecule has 7 heteroatoms. The van der Waals surface area contributed by atoms with E-state index in [1.807, 2.05) is 43.6 Å². The van der Waals surface area contributed by atoms with Crippen LogP contribution >= 0.6 is 22.7 Å². The van der Waals surface area contributed by atoms with Gasteiger partial charge in [0, 0.05) is 17.5 Å². The number of H-pyrrole nitrogens is 1. The Morgan fingerprint density at radius 1 is 1.21 bits per heavy atom. The highest BCUT2D eigenvalue weighted by Crippen LogP contribution is 2.31. The molecule has 1 aromatic carbocycles. The Morgan fingerprint density at radius 3 is 2.76 bits per heavy atom. The minimum Gasteiger partial charge on any atom is -0.390 e. The molecule has 0 radical (unpaired) electrons. The fraction of sp³-hybridized carbons (Fsp3) is 0.318. The summed E-state index contributed by atoms with van der Waals surface area (Å²) in [5.41, 5.74) is 4.19. The van der Waals surface area contributed by atoms with Gasteiger partial charge in [-0.3, -0.25) is 9.78 Å². The van der Waals surface area contributed by atoms with Gasteiger partial charge in [0.05, 0.1) is 27.2 Å². The van der Waals surface area contributed by atoms with Crippen LogP contribution in [0.5, 0.6) is 0 Å². The molecular formula is C22H23N3O2S2. The van der Waals surface area contributed by atoms with Crippen LogP contribution in [0.15, 0.2) is 46.7 Å². The van der Waals surface area contributed by atoms with Gasteiger partial charge >= 0.3 is 4.87 Å². The summed E-state index contributed by atoms with van der Waals surface area (Å²) >= 11 is 2.86. The molecule has 0 fully saturated rings. The maximum Gasteiger partial charge on any atom is 0.305 e. The summed E-state index contributed by atoms with van der Waals surface area (Å²) in [6.07, 6.45) is 3.36. The quantitative estimate of drug-likeness (QED) is 0.457. The molecule has 1 unspecified atom stereocenters. The van der Waals surface area contributed by atoms with Crippen molar-refractivity contribution in [1.29, 1.82) is 0 Å². The summed E-state index contributed by atoms with van der Waals surface area (Å²) in [6.45, 7) is 5.77. The van der Waals surface area contributed by atoms with Gasteiger partial charge in [-0.15, -0.1) is 11.3 Å². The van der Waals surface area contributed by atoms with Gasteiger partial charge in [-0.2, -0.15) is 0 Å². The Balaban J connectivity index is 1.51. The summed E-state index contributed by atoms with van der Waals surface area (Å²) in [6, 6.07) is 10.1. The molecule has 0 aliphatic rings. The molecule has 4 rings (SSSR count). The molecule has 2 N–H and O–H groups in total. The first-order chi connectivity index (χ1) is 13.8. The van der Waals surface area contributed by atoms with Crippen LogP contribution in [0.25, 0.3) is 21.6 Å². The number of nitrogens with zero attached hydrogens (tertiary/aromatic N) is 2. The summed E-state index contributed by atoms with van der Waals surface area (Å²) in [5.74, 6) is 0.140. The zero-order valence-corrected chi connectivity index (χ0v) is 18.2. The van der Waals surface area contributed by atoms with Gasteiger partial charge in [0.25, 0.3) is 0 Å². The molecule has 3 aromatic heterocycles. The molecule has 0 saturated carbocycles. The van der Waals surface area contributed by atoms with E-state index >= 15 is 0 Å². The first-order valence-electron chi connectivity index (χ1n) is 9.54. The van der Waals surface area contributed by atoms with Crippen LogP contribution in [0.3, 0.4) is 0 Å². The van der Waals surface area contributed by atoms with Crippen LogP contribution < -0.4 is 4.87 Å². The minimum absolute atomic E-state index is 0.0292. The number of hydrogen-bond acceptors (Lipinski definition) is 6. The average Bonchev–Trinajstić information content (AvgIpc) is 3.31.